The van der Waals surface area contributed by atoms with E-state index in [1.807, 2.05) is 0 Å². The number of methoxy groups -OCH3 is 1. The number of amides is 1. The Morgan fingerprint density at radius 3 is 2.59 bits per heavy atom. The summed E-state index contributed by atoms with van der Waals surface area (Å²) < 4.78 is 4.87. The minimum Gasteiger partial charge on any atom is -0.383 e. The van der Waals surface area contributed by atoms with Crippen LogP contribution in [0.4, 0.5) is 0 Å². The molecule has 102 valence electrons. The van der Waals surface area contributed by atoms with Gasteiger partial charge in [-0.25, -0.2) is 0 Å². The van der Waals surface area contributed by atoms with Crippen LogP contribution in [0.3, 0.4) is 0 Å². The smallest absolute Gasteiger partial charge is 0.234 e. The summed E-state index contributed by atoms with van der Waals surface area (Å²) in [5, 5.41) is 6.14. The second-order valence-electron chi connectivity index (χ2n) is 4.35. The molecule has 1 amide bonds. The van der Waals surface area contributed by atoms with Crippen molar-refractivity contribution < 1.29 is 9.53 Å². The molecular weight excluding hydrogens is 216 g/mol. The molecule has 0 aromatic carbocycles. The maximum Gasteiger partial charge on any atom is 0.234 e. The van der Waals surface area contributed by atoms with Gasteiger partial charge >= 0.3 is 0 Å². The quantitative estimate of drug-likeness (QED) is 0.544. The summed E-state index contributed by atoms with van der Waals surface area (Å²) in [4.78, 5) is 11.5. The molecule has 0 fully saturated rings. The molecule has 4 heteroatoms. The molecule has 0 aliphatic carbocycles. The van der Waals surface area contributed by atoms with Crippen LogP contribution in [-0.2, 0) is 9.53 Å². The maximum atomic E-state index is 11.5. The van der Waals surface area contributed by atoms with E-state index in [1.165, 1.54) is 12.8 Å². The molecule has 0 saturated heterocycles. The molecule has 0 heterocycles. The summed E-state index contributed by atoms with van der Waals surface area (Å²) >= 11 is 0. The van der Waals surface area contributed by atoms with Crippen LogP contribution >= 0.6 is 0 Å². The van der Waals surface area contributed by atoms with E-state index in [-0.39, 0.29) is 5.91 Å². The van der Waals surface area contributed by atoms with Crippen molar-refractivity contribution in [2.45, 2.75) is 52.0 Å². The molecule has 1 atom stereocenters. The first kappa shape index (κ1) is 16.4. The van der Waals surface area contributed by atoms with E-state index < -0.39 is 0 Å². The van der Waals surface area contributed by atoms with Gasteiger partial charge in [-0.3, -0.25) is 4.79 Å². The number of unbranched alkanes of at least 4 members (excludes halogenated alkanes) is 1. The predicted molar refractivity (Wildman–Crippen MR) is 71.1 cm³/mol. The highest BCUT2D eigenvalue weighted by Crippen LogP contribution is 2.06. The van der Waals surface area contributed by atoms with Gasteiger partial charge in [0.25, 0.3) is 0 Å². The summed E-state index contributed by atoms with van der Waals surface area (Å²) in [5.41, 5.74) is 0. The van der Waals surface area contributed by atoms with E-state index in [0.717, 1.165) is 19.3 Å². The van der Waals surface area contributed by atoms with Crippen molar-refractivity contribution in [1.29, 1.82) is 0 Å². The van der Waals surface area contributed by atoms with Crippen molar-refractivity contribution in [1.82, 2.24) is 10.6 Å². The Hall–Kier alpha value is -0.610. The van der Waals surface area contributed by atoms with Crippen LogP contribution in [0.1, 0.15) is 46.0 Å². The molecule has 0 aromatic rings. The first-order valence-electron chi connectivity index (χ1n) is 6.73. The lowest BCUT2D eigenvalue weighted by Crippen LogP contribution is -2.40. The zero-order valence-electron chi connectivity index (χ0n) is 11.6. The van der Waals surface area contributed by atoms with Crippen LogP contribution in [0.25, 0.3) is 0 Å². The van der Waals surface area contributed by atoms with Gasteiger partial charge in [-0.15, -0.1) is 0 Å². The predicted octanol–water partition coefficient (Wildman–Crippen LogP) is 1.70. The molecule has 0 bridgehead atoms. The highest BCUT2D eigenvalue weighted by molar-refractivity contribution is 5.77. The number of ether oxygens (including phenoxy) is 1. The van der Waals surface area contributed by atoms with E-state index in [2.05, 4.69) is 24.5 Å². The molecule has 0 aromatic heterocycles. The van der Waals surface area contributed by atoms with Crippen LogP contribution in [0, 0.1) is 0 Å². The Morgan fingerprint density at radius 1 is 1.24 bits per heavy atom. The SMILES string of the molecule is CCCCC(CCC)NCC(=O)NCCOC. The van der Waals surface area contributed by atoms with Gasteiger partial charge in [0.1, 0.15) is 0 Å². The van der Waals surface area contributed by atoms with Crippen LogP contribution in [-0.4, -0.2) is 38.8 Å². The van der Waals surface area contributed by atoms with E-state index in [9.17, 15) is 4.79 Å². The molecule has 17 heavy (non-hydrogen) atoms. The average molecular weight is 244 g/mol. The fraction of sp³-hybridized carbons (Fsp3) is 0.923. The van der Waals surface area contributed by atoms with Crippen molar-refractivity contribution >= 4 is 5.91 Å². The summed E-state index contributed by atoms with van der Waals surface area (Å²) in [6.07, 6.45) is 5.90. The topological polar surface area (TPSA) is 50.4 Å². The van der Waals surface area contributed by atoms with Crippen molar-refractivity contribution in [3.05, 3.63) is 0 Å². The van der Waals surface area contributed by atoms with Crippen molar-refractivity contribution in [3.63, 3.8) is 0 Å². The second kappa shape index (κ2) is 11.9. The van der Waals surface area contributed by atoms with Gasteiger partial charge in [-0.2, -0.15) is 0 Å². The van der Waals surface area contributed by atoms with Crippen LogP contribution in [0.2, 0.25) is 0 Å². The highest BCUT2D eigenvalue weighted by Gasteiger charge is 2.08. The minimum absolute atomic E-state index is 0.0552. The summed E-state index contributed by atoms with van der Waals surface area (Å²) in [7, 11) is 1.63. The second-order valence-corrected chi connectivity index (χ2v) is 4.35. The molecular formula is C13H28N2O2. The fourth-order valence-corrected chi connectivity index (χ4v) is 1.74. The Morgan fingerprint density at radius 2 is 2.00 bits per heavy atom. The molecule has 0 aliphatic rings. The van der Waals surface area contributed by atoms with Gasteiger partial charge in [0, 0.05) is 19.7 Å². The number of carbonyl (C=O) groups is 1. The molecule has 0 radical (unpaired) electrons. The first-order chi connectivity index (χ1) is 8.24. The molecule has 2 N–H and O–H groups in total. The van der Waals surface area contributed by atoms with E-state index in [4.69, 9.17) is 4.74 Å². The van der Waals surface area contributed by atoms with E-state index in [1.54, 1.807) is 7.11 Å². The van der Waals surface area contributed by atoms with Gasteiger partial charge in [-0.1, -0.05) is 33.1 Å². The third-order valence-electron chi connectivity index (χ3n) is 2.72. The lowest BCUT2D eigenvalue weighted by molar-refractivity contribution is -0.120. The maximum absolute atomic E-state index is 11.5. The fourth-order valence-electron chi connectivity index (χ4n) is 1.74. The van der Waals surface area contributed by atoms with Crippen LogP contribution in [0.15, 0.2) is 0 Å². The molecule has 4 nitrogen and oxygen atoms in total. The highest BCUT2D eigenvalue weighted by atomic mass is 16.5. The number of rotatable bonds is 11. The Balaban J connectivity index is 3.66. The lowest BCUT2D eigenvalue weighted by atomic mass is 10.1. The Labute approximate surface area is 105 Å². The number of hydrogen-bond acceptors (Lipinski definition) is 3. The Kier molecular flexibility index (Phi) is 11.4. The van der Waals surface area contributed by atoms with E-state index in [0.29, 0.717) is 25.7 Å². The summed E-state index contributed by atoms with van der Waals surface area (Å²) in [5.74, 6) is 0.0552. The molecule has 0 aliphatic heterocycles. The molecule has 0 rings (SSSR count). The lowest BCUT2D eigenvalue weighted by Gasteiger charge is -2.17. The first-order valence-corrected chi connectivity index (χ1v) is 6.73. The normalized spacial score (nSPS) is 12.4. The number of nitrogens with one attached hydrogen (secondary N) is 2. The third kappa shape index (κ3) is 10.3. The van der Waals surface area contributed by atoms with Crippen LogP contribution < -0.4 is 10.6 Å². The average Bonchev–Trinajstić information content (AvgIpc) is 2.33. The van der Waals surface area contributed by atoms with Crippen molar-refractivity contribution in [2.75, 3.05) is 26.8 Å². The molecule has 0 saturated carbocycles. The van der Waals surface area contributed by atoms with Crippen molar-refractivity contribution in [3.8, 4) is 0 Å². The van der Waals surface area contributed by atoms with Gasteiger partial charge in [0.15, 0.2) is 0 Å². The molecule has 1 unspecified atom stereocenters. The van der Waals surface area contributed by atoms with Gasteiger partial charge in [0.05, 0.1) is 13.2 Å². The largest absolute Gasteiger partial charge is 0.383 e. The van der Waals surface area contributed by atoms with Gasteiger partial charge in [-0.05, 0) is 12.8 Å². The number of hydrogen-bond donors (Lipinski definition) is 2. The zero-order chi connectivity index (χ0) is 12.9. The minimum atomic E-state index is 0.0552. The van der Waals surface area contributed by atoms with E-state index >= 15 is 0 Å². The summed E-state index contributed by atoms with van der Waals surface area (Å²) in [6.45, 7) is 5.95. The van der Waals surface area contributed by atoms with Gasteiger partial charge in [0.2, 0.25) is 5.91 Å². The number of carbonyl (C=O) groups excluding carboxylic acids is 1. The van der Waals surface area contributed by atoms with Crippen molar-refractivity contribution in [2.24, 2.45) is 0 Å². The Bertz CT molecular complexity index is 186. The van der Waals surface area contributed by atoms with Gasteiger partial charge < -0.3 is 15.4 Å². The monoisotopic (exact) mass is 244 g/mol. The summed E-state index contributed by atoms with van der Waals surface area (Å²) in [6, 6.07) is 0.480. The molecule has 0 spiro atoms. The standard InChI is InChI=1S/C13H28N2O2/c1-4-6-8-12(7-5-2)15-11-13(16)14-9-10-17-3/h12,15H,4-11H2,1-3H3,(H,14,16). The third-order valence-corrected chi connectivity index (χ3v) is 2.72. The zero-order valence-corrected chi connectivity index (χ0v) is 11.6. The van der Waals surface area contributed by atoms with Crippen LogP contribution in [0.5, 0.6) is 0 Å².